The van der Waals surface area contributed by atoms with Gasteiger partial charge in [0.15, 0.2) is 9.84 Å². The van der Waals surface area contributed by atoms with Crippen LogP contribution in [-0.2, 0) is 9.84 Å². The molecule has 112 valence electrons. The first-order valence-electron chi connectivity index (χ1n) is 6.63. The molecule has 2 rings (SSSR count). The second-order valence-corrected chi connectivity index (χ2v) is 6.99. The molecule has 0 unspecified atom stereocenters. The highest BCUT2D eigenvalue weighted by Gasteiger charge is 2.27. The number of nitrogens with two attached hydrogens (primary N) is 1. The minimum atomic E-state index is -3.51. The summed E-state index contributed by atoms with van der Waals surface area (Å²) >= 11 is 0. The van der Waals surface area contributed by atoms with Crippen LogP contribution in [0.1, 0.15) is 16.4 Å². The molecule has 0 aliphatic rings. The van der Waals surface area contributed by atoms with E-state index in [4.69, 9.17) is 10.5 Å². The van der Waals surface area contributed by atoms with Gasteiger partial charge in [0.25, 0.3) is 0 Å². The topological polar surface area (TPSA) is 69.4 Å². The molecule has 4 nitrogen and oxygen atoms in total. The van der Waals surface area contributed by atoms with Gasteiger partial charge in [-0.3, -0.25) is 0 Å². The summed E-state index contributed by atoms with van der Waals surface area (Å²) in [6, 6.07) is 13.8. The molecule has 2 N–H and O–H groups in total. The van der Waals surface area contributed by atoms with E-state index in [0.29, 0.717) is 16.2 Å². The maximum atomic E-state index is 12.7. The zero-order valence-electron chi connectivity index (χ0n) is 12.1. The van der Waals surface area contributed by atoms with Crippen LogP contribution in [0.15, 0.2) is 53.4 Å². The molecule has 0 heterocycles. The van der Waals surface area contributed by atoms with Gasteiger partial charge in [0.2, 0.25) is 0 Å². The summed E-state index contributed by atoms with van der Waals surface area (Å²) in [5.41, 5.74) is 7.40. The zero-order valence-corrected chi connectivity index (χ0v) is 12.9. The van der Waals surface area contributed by atoms with Crippen LogP contribution in [0.5, 0.6) is 5.75 Å². The van der Waals surface area contributed by atoms with Crippen LogP contribution >= 0.6 is 0 Å². The molecule has 0 spiro atoms. The third-order valence-corrected chi connectivity index (χ3v) is 5.57. The summed E-state index contributed by atoms with van der Waals surface area (Å²) in [4.78, 5) is 0.291. The fourth-order valence-corrected chi connectivity index (χ4v) is 3.77. The molecule has 2 aromatic carbocycles. The molecule has 0 aliphatic carbocycles. The van der Waals surface area contributed by atoms with Crippen molar-refractivity contribution in [3.63, 3.8) is 0 Å². The third kappa shape index (κ3) is 3.25. The molecule has 1 atom stereocenters. The fraction of sp³-hybridized carbons (Fsp3) is 0.250. The number of sulfone groups is 1. The van der Waals surface area contributed by atoms with Gasteiger partial charge < -0.3 is 10.5 Å². The first-order valence-corrected chi connectivity index (χ1v) is 8.18. The molecule has 0 aliphatic heterocycles. The number of methoxy groups -OCH3 is 1. The lowest BCUT2D eigenvalue weighted by atomic mass is 10.1. The van der Waals surface area contributed by atoms with Crippen molar-refractivity contribution >= 4 is 9.84 Å². The minimum absolute atomic E-state index is 0.0303. The number of hydrogen-bond acceptors (Lipinski definition) is 4. The standard InChI is InChI=1S/C16H19NO3S/c1-12-3-9-15(10-4-12)21(18,19)16(11-17)13-5-7-14(20-2)8-6-13/h3-10,16H,11,17H2,1-2H3/t16-/m1/s1. The van der Waals surface area contributed by atoms with E-state index < -0.39 is 15.1 Å². The van der Waals surface area contributed by atoms with Crippen molar-refractivity contribution in [2.45, 2.75) is 17.1 Å². The van der Waals surface area contributed by atoms with Crippen LogP contribution in [0.2, 0.25) is 0 Å². The van der Waals surface area contributed by atoms with E-state index in [2.05, 4.69) is 0 Å². The van der Waals surface area contributed by atoms with Crippen LogP contribution in [0.4, 0.5) is 0 Å². The summed E-state index contributed by atoms with van der Waals surface area (Å²) in [6.45, 7) is 1.95. The molecular weight excluding hydrogens is 286 g/mol. The van der Waals surface area contributed by atoms with Gasteiger partial charge in [-0.05, 0) is 36.8 Å². The lowest BCUT2D eigenvalue weighted by Crippen LogP contribution is -2.22. The van der Waals surface area contributed by atoms with Crippen molar-refractivity contribution in [3.05, 3.63) is 59.7 Å². The number of hydrogen-bond donors (Lipinski definition) is 1. The van der Waals surface area contributed by atoms with Crippen molar-refractivity contribution in [1.29, 1.82) is 0 Å². The molecule has 0 saturated carbocycles. The second-order valence-electron chi connectivity index (χ2n) is 4.86. The molecule has 0 aromatic heterocycles. The van der Waals surface area contributed by atoms with Gasteiger partial charge in [0, 0.05) is 6.54 Å². The molecule has 0 saturated heterocycles. The Morgan fingerprint density at radius 3 is 2.10 bits per heavy atom. The van der Waals surface area contributed by atoms with E-state index in [0.717, 1.165) is 5.56 Å². The van der Waals surface area contributed by atoms with Gasteiger partial charge in [0.05, 0.1) is 12.0 Å². The molecule has 2 aromatic rings. The minimum Gasteiger partial charge on any atom is -0.497 e. The Kier molecular flexibility index (Phi) is 4.65. The van der Waals surface area contributed by atoms with E-state index in [1.165, 1.54) is 0 Å². The highest BCUT2D eigenvalue weighted by Crippen LogP contribution is 2.29. The van der Waals surface area contributed by atoms with Gasteiger partial charge in [-0.25, -0.2) is 8.42 Å². The maximum absolute atomic E-state index is 12.7. The second kappa shape index (κ2) is 6.28. The highest BCUT2D eigenvalue weighted by atomic mass is 32.2. The molecule has 5 heteroatoms. The van der Waals surface area contributed by atoms with Gasteiger partial charge in [-0.1, -0.05) is 29.8 Å². The van der Waals surface area contributed by atoms with Crippen molar-refractivity contribution in [3.8, 4) is 5.75 Å². The van der Waals surface area contributed by atoms with Crippen LogP contribution in [-0.4, -0.2) is 22.1 Å². The smallest absolute Gasteiger partial charge is 0.186 e. The predicted octanol–water partition coefficient (Wildman–Crippen LogP) is 2.48. The van der Waals surface area contributed by atoms with Gasteiger partial charge in [-0.15, -0.1) is 0 Å². The van der Waals surface area contributed by atoms with E-state index in [-0.39, 0.29) is 6.54 Å². The van der Waals surface area contributed by atoms with Gasteiger partial charge in [-0.2, -0.15) is 0 Å². The Morgan fingerprint density at radius 1 is 1.05 bits per heavy atom. The van der Waals surface area contributed by atoms with Gasteiger partial charge in [0.1, 0.15) is 11.0 Å². The van der Waals surface area contributed by atoms with Crippen LogP contribution in [0, 0.1) is 6.92 Å². The number of benzene rings is 2. The van der Waals surface area contributed by atoms with E-state index >= 15 is 0 Å². The van der Waals surface area contributed by atoms with Crippen molar-refractivity contribution in [2.75, 3.05) is 13.7 Å². The quantitative estimate of drug-likeness (QED) is 0.921. The summed E-state index contributed by atoms with van der Waals surface area (Å²) in [5, 5.41) is -0.758. The van der Waals surface area contributed by atoms with Gasteiger partial charge >= 0.3 is 0 Å². The Bertz CT molecular complexity index is 691. The molecule has 0 bridgehead atoms. The fourth-order valence-electron chi connectivity index (χ4n) is 2.15. The maximum Gasteiger partial charge on any atom is 0.186 e. The predicted molar refractivity (Wildman–Crippen MR) is 83.2 cm³/mol. The average Bonchev–Trinajstić information content (AvgIpc) is 2.49. The number of rotatable bonds is 5. The Labute approximate surface area is 125 Å². The van der Waals surface area contributed by atoms with E-state index in [1.54, 1.807) is 55.6 Å². The Balaban J connectivity index is 2.41. The zero-order chi connectivity index (χ0) is 15.5. The van der Waals surface area contributed by atoms with Crippen LogP contribution in [0.25, 0.3) is 0 Å². The molecular formula is C16H19NO3S. The molecule has 21 heavy (non-hydrogen) atoms. The summed E-state index contributed by atoms with van der Waals surface area (Å²) in [5.74, 6) is 0.683. The first-order chi connectivity index (χ1) is 9.98. The monoisotopic (exact) mass is 305 g/mol. The number of aryl methyl sites for hydroxylation is 1. The van der Waals surface area contributed by atoms with E-state index in [1.807, 2.05) is 6.92 Å². The van der Waals surface area contributed by atoms with Crippen molar-refractivity contribution in [2.24, 2.45) is 5.73 Å². The van der Waals surface area contributed by atoms with Crippen molar-refractivity contribution in [1.82, 2.24) is 0 Å². The molecule has 0 amide bonds. The Hall–Kier alpha value is -1.85. The number of ether oxygens (including phenoxy) is 1. The van der Waals surface area contributed by atoms with E-state index in [9.17, 15) is 8.42 Å². The third-order valence-electron chi connectivity index (χ3n) is 3.43. The Morgan fingerprint density at radius 2 is 1.62 bits per heavy atom. The molecule has 0 fully saturated rings. The highest BCUT2D eigenvalue weighted by molar-refractivity contribution is 7.91. The molecule has 0 radical (unpaired) electrons. The van der Waals surface area contributed by atoms with Crippen molar-refractivity contribution < 1.29 is 13.2 Å². The first kappa shape index (κ1) is 15.5. The van der Waals surface area contributed by atoms with Crippen LogP contribution in [0.3, 0.4) is 0 Å². The SMILES string of the molecule is COc1ccc([C@@H](CN)S(=O)(=O)c2ccc(C)cc2)cc1. The normalized spacial score (nSPS) is 12.9. The summed E-state index contributed by atoms with van der Waals surface area (Å²) < 4.78 is 30.5. The lowest BCUT2D eigenvalue weighted by Gasteiger charge is -2.17. The van der Waals surface area contributed by atoms with Crippen LogP contribution < -0.4 is 10.5 Å². The summed E-state index contributed by atoms with van der Waals surface area (Å²) in [6.07, 6.45) is 0. The largest absolute Gasteiger partial charge is 0.497 e. The average molecular weight is 305 g/mol. The summed E-state index contributed by atoms with van der Waals surface area (Å²) in [7, 11) is -1.94. The lowest BCUT2D eigenvalue weighted by molar-refractivity contribution is 0.414.